The third-order valence-electron chi connectivity index (χ3n) is 3.60. The Hall–Kier alpha value is -1.27. The Labute approximate surface area is 114 Å². The number of halogens is 4. The van der Waals surface area contributed by atoms with E-state index in [1.54, 1.807) is 6.07 Å². The summed E-state index contributed by atoms with van der Waals surface area (Å²) < 4.78 is 38.6. The highest BCUT2D eigenvalue weighted by Crippen LogP contribution is 2.44. The van der Waals surface area contributed by atoms with E-state index in [0.717, 1.165) is 6.07 Å². The topological polar surface area (TPSA) is 41.1 Å². The van der Waals surface area contributed by atoms with Crippen molar-refractivity contribution in [1.29, 1.82) is 0 Å². The van der Waals surface area contributed by atoms with E-state index in [1.165, 1.54) is 6.07 Å². The molecular weight excluding hydrogens is 281 g/mol. The average molecular weight is 293 g/mol. The number of nitrogens with one attached hydrogen (secondary N) is 2. The molecule has 0 saturated carbocycles. The first-order chi connectivity index (χ1) is 8.48. The molecule has 104 valence electrons. The lowest BCUT2D eigenvalue weighted by Crippen LogP contribution is -2.34. The molecule has 3 rings (SSSR count). The van der Waals surface area contributed by atoms with Gasteiger partial charge in [-0.1, -0.05) is 12.1 Å². The molecular formula is C12H12ClF3N2O. The van der Waals surface area contributed by atoms with Gasteiger partial charge in [0.1, 0.15) is 0 Å². The van der Waals surface area contributed by atoms with Gasteiger partial charge in [0.05, 0.1) is 17.2 Å². The maximum absolute atomic E-state index is 12.9. The number of benzene rings is 1. The summed E-state index contributed by atoms with van der Waals surface area (Å²) in [6, 6.07) is 4.06. The maximum atomic E-state index is 12.9. The second-order valence-corrected chi connectivity index (χ2v) is 4.63. The van der Waals surface area contributed by atoms with Crippen LogP contribution in [-0.2, 0) is 11.0 Å². The molecule has 1 aromatic carbocycles. The lowest BCUT2D eigenvalue weighted by Gasteiger charge is -2.29. The Morgan fingerprint density at radius 2 is 1.84 bits per heavy atom. The van der Waals surface area contributed by atoms with E-state index in [-0.39, 0.29) is 35.8 Å². The molecule has 1 amide bonds. The summed E-state index contributed by atoms with van der Waals surface area (Å²) in [5.41, 5.74) is -0.252. The van der Waals surface area contributed by atoms with Crippen LogP contribution in [0.4, 0.5) is 18.9 Å². The van der Waals surface area contributed by atoms with Crippen LogP contribution < -0.4 is 10.6 Å². The number of anilines is 1. The summed E-state index contributed by atoms with van der Waals surface area (Å²) in [4.78, 5) is 11.8. The molecule has 1 fully saturated rings. The van der Waals surface area contributed by atoms with Crippen LogP contribution in [0.3, 0.4) is 0 Å². The van der Waals surface area contributed by atoms with Crippen LogP contribution in [0.15, 0.2) is 18.2 Å². The summed E-state index contributed by atoms with van der Waals surface area (Å²) >= 11 is 0. The molecule has 1 aromatic rings. The predicted octanol–water partition coefficient (Wildman–Crippen LogP) is 2.38. The second kappa shape index (κ2) is 4.68. The van der Waals surface area contributed by atoms with Crippen molar-refractivity contribution in [3.05, 3.63) is 29.3 Å². The van der Waals surface area contributed by atoms with Gasteiger partial charge in [0, 0.05) is 19.0 Å². The predicted molar refractivity (Wildman–Crippen MR) is 66.4 cm³/mol. The molecule has 2 N–H and O–H groups in total. The first-order valence-electron chi connectivity index (χ1n) is 5.70. The minimum atomic E-state index is -4.45. The molecule has 2 aliphatic heterocycles. The van der Waals surface area contributed by atoms with E-state index >= 15 is 0 Å². The fourth-order valence-corrected chi connectivity index (χ4v) is 2.75. The van der Waals surface area contributed by atoms with Crippen LogP contribution in [0.2, 0.25) is 0 Å². The quantitative estimate of drug-likeness (QED) is 0.771. The van der Waals surface area contributed by atoms with Crippen LogP contribution in [0.5, 0.6) is 0 Å². The number of alkyl halides is 3. The van der Waals surface area contributed by atoms with E-state index in [0.29, 0.717) is 18.7 Å². The van der Waals surface area contributed by atoms with Gasteiger partial charge in [-0.15, -0.1) is 12.4 Å². The molecule has 7 heteroatoms. The molecule has 1 saturated heterocycles. The zero-order valence-electron chi connectivity index (χ0n) is 9.75. The molecule has 0 bridgehead atoms. The van der Waals surface area contributed by atoms with Crippen LogP contribution >= 0.6 is 12.4 Å². The summed E-state index contributed by atoms with van der Waals surface area (Å²) in [6.07, 6.45) is -4.45. The smallest absolute Gasteiger partial charge is 0.325 e. The molecule has 3 nitrogen and oxygen atoms in total. The van der Waals surface area contributed by atoms with E-state index in [4.69, 9.17) is 0 Å². The standard InChI is InChI=1S/C12H11F3N2O.ClH/c13-12(14,15)9-3-1-2-6-7-4-16-5-8(7)11(18)17-10(6)9;/h1-3,7-8,16H,4-5H2,(H,17,18);1H/t7-,8+;/m1./s1. The highest BCUT2D eigenvalue weighted by molar-refractivity contribution is 5.98. The van der Waals surface area contributed by atoms with Gasteiger partial charge in [0.2, 0.25) is 5.91 Å². The number of carbonyl (C=O) groups is 1. The molecule has 2 heterocycles. The number of rotatable bonds is 0. The van der Waals surface area contributed by atoms with Crippen molar-refractivity contribution in [2.45, 2.75) is 12.1 Å². The van der Waals surface area contributed by atoms with Crippen LogP contribution in [0.1, 0.15) is 17.0 Å². The average Bonchev–Trinajstić information content (AvgIpc) is 2.77. The molecule has 2 aliphatic rings. The van der Waals surface area contributed by atoms with Crippen molar-refractivity contribution in [1.82, 2.24) is 5.32 Å². The summed E-state index contributed by atoms with van der Waals surface area (Å²) in [5.74, 6) is -0.744. The van der Waals surface area contributed by atoms with Gasteiger partial charge in [-0.25, -0.2) is 0 Å². The second-order valence-electron chi connectivity index (χ2n) is 4.63. The van der Waals surface area contributed by atoms with Gasteiger partial charge in [-0.05, 0) is 11.6 Å². The van der Waals surface area contributed by atoms with Gasteiger partial charge in [0.15, 0.2) is 0 Å². The summed E-state index contributed by atoms with van der Waals surface area (Å²) in [6.45, 7) is 1.07. The van der Waals surface area contributed by atoms with Crippen molar-refractivity contribution in [2.75, 3.05) is 18.4 Å². The van der Waals surface area contributed by atoms with E-state index < -0.39 is 11.7 Å². The van der Waals surface area contributed by atoms with Gasteiger partial charge in [0.25, 0.3) is 0 Å². The van der Waals surface area contributed by atoms with Crippen molar-refractivity contribution >= 4 is 24.0 Å². The third-order valence-corrected chi connectivity index (χ3v) is 3.60. The number of para-hydroxylation sites is 1. The summed E-state index contributed by atoms with van der Waals surface area (Å²) in [5, 5.41) is 5.46. The van der Waals surface area contributed by atoms with Crippen molar-refractivity contribution < 1.29 is 18.0 Å². The Bertz CT molecular complexity index is 518. The van der Waals surface area contributed by atoms with Crippen molar-refractivity contribution in [3.63, 3.8) is 0 Å². The van der Waals surface area contributed by atoms with Gasteiger partial charge < -0.3 is 10.6 Å². The molecule has 0 aromatic heterocycles. The van der Waals surface area contributed by atoms with Crippen LogP contribution in [0.25, 0.3) is 0 Å². The van der Waals surface area contributed by atoms with E-state index in [2.05, 4.69) is 10.6 Å². The molecule has 0 spiro atoms. The molecule has 19 heavy (non-hydrogen) atoms. The Kier molecular flexibility index (Phi) is 3.49. The van der Waals surface area contributed by atoms with Crippen molar-refractivity contribution in [3.8, 4) is 0 Å². The van der Waals surface area contributed by atoms with E-state index in [1.807, 2.05) is 0 Å². The number of amides is 1. The minimum absolute atomic E-state index is 0. The zero-order valence-corrected chi connectivity index (χ0v) is 10.6. The van der Waals surface area contributed by atoms with Crippen molar-refractivity contribution in [2.24, 2.45) is 5.92 Å². The third kappa shape index (κ3) is 2.19. The number of fused-ring (bicyclic) bond motifs is 3. The van der Waals surface area contributed by atoms with Gasteiger partial charge in [-0.3, -0.25) is 4.79 Å². The fraction of sp³-hybridized carbons (Fsp3) is 0.417. The first-order valence-corrected chi connectivity index (χ1v) is 5.70. The molecule has 0 radical (unpaired) electrons. The Morgan fingerprint density at radius 3 is 2.53 bits per heavy atom. The fourth-order valence-electron chi connectivity index (χ4n) is 2.75. The van der Waals surface area contributed by atoms with Gasteiger partial charge in [-0.2, -0.15) is 13.2 Å². The monoisotopic (exact) mass is 292 g/mol. The van der Waals surface area contributed by atoms with Crippen LogP contribution in [0, 0.1) is 5.92 Å². The van der Waals surface area contributed by atoms with Gasteiger partial charge >= 0.3 is 6.18 Å². The number of hydrogen-bond donors (Lipinski definition) is 2. The first kappa shape index (κ1) is 14.1. The lowest BCUT2D eigenvalue weighted by molar-refractivity contribution is -0.137. The summed E-state index contributed by atoms with van der Waals surface area (Å²) in [7, 11) is 0. The number of hydrogen-bond acceptors (Lipinski definition) is 2. The Morgan fingerprint density at radius 1 is 1.16 bits per heavy atom. The molecule has 2 atom stereocenters. The lowest BCUT2D eigenvalue weighted by atomic mass is 9.83. The molecule has 0 aliphatic carbocycles. The largest absolute Gasteiger partial charge is 0.418 e. The zero-order chi connectivity index (χ0) is 12.9. The minimum Gasteiger partial charge on any atom is -0.325 e. The van der Waals surface area contributed by atoms with E-state index in [9.17, 15) is 18.0 Å². The highest BCUT2D eigenvalue weighted by Gasteiger charge is 2.43. The highest BCUT2D eigenvalue weighted by atomic mass is 35.5. The normalized spacial score (nSPS) is 25.1. The molecule has 0 unspecified atom stereocenters. The SMILES string of the molecule is Cl.O=C1Nc2c(cccc2C(F)(F)F)[C@H]2CNC[C@H]12. The van der Waals surface area contributed by atoms with Crippen LogP contribution in [-0.4, -0.2) is 19.0 Å². The number of carbonyl (C=O) groups excluding carboxylic acids is 1. The maximum Gasteiger partial charge on any atom is 0.418 e. The Balaban J connectivity index is 0.00000133.